The molecular formula is C16H15ClN2O3S. The average molecular weight is 351 g/mol. The van der Waals surface area contributed by atoms with Crippen molar-refractivity contribution >= 4 is 35.2 Å². The van der Waals surface area contributed by atoms with Crippen molar-refractivity contribution in [3.8, 4) is 0 Å². The molecule has 1 aromatic carbocycles. The minimum atomic E-state index is -1.13. The quantitative estimate of drug-likeness (QED) is 0.889. The van der Waals surface area contributed by atoms with Crippen molar-refractivity contribution in [1.82, 2.24) is 9.88 Å². The van der Waals surface area contributed by atoms with Crippen LogP contribution in [0.3, 0.4) is 0 Å². The maximum Gasteiger partial charge on any atom is 0.330 e. The molecule has 1 aliphatic heterocycles. The summed E-state index contributed by atoms with van der Waals surface area (Å²) in [6.45, 7) is 0.865. The first-order valence-corrected chi connectivity index (χ1v) is 8.64. The monoisotopic (exact) mass is 350 g/mol. The summed E-state index contributed by atoms with van der Waals surface area (Å²) in [4.78, 5) is 24.1. The van der Waals surface area contributed by atoms with E-state index in [2.05, 4.69) is 5.32 Å². The minimum Gasteiger partial charge on any atom is -0.479 e. The predicted molar refractivity (Wildman–Crippen MR) is 89.9 cm³/mol. The second-order valence-electron chi connectivity index (χ2n) is 5.22. The summed E-state index contributed by atoms with van der Waals surface area (Å²) in [7, 11) is 0. The molecule has 5 nitrogen and oxygen atoms in total. The van der Waals surface area contributed by atoms with Gasteiger partial charge in [0.2, 0.25) is 0 Å². The van der Waals surface area contributed by atoms with Gasteiger partial charge in [0.1, 0.15) is 0 Å². The molecule has 1 aliphatic rings. The third-order valence-electron chi connectivity index (χ3n) is 3.74. The summed E-state index contributed by atoms with van der Waals surface area (Å²) in [6, 6.07) is 7.12. The smallest absolute Gasteiger partial charge is 0.330 e. The number of carbonyl (C=O) groups excluding carboxylic acids is 1. The van der Waals surface area contributed by atoms with Crippen LogP contribution in [-0.2, 0) is 17.1 Å². The molecule has 1 unspecified atom stereocenters. The van der Waals surface area contributed by atoms with Gasteiger partial charge in [0.25, 0.3) is 5.91 Å². The van der Waals surface area contributed by atoms with Crippen LogP contribution in [0.25, 0.3) is 0 Å². The number of fused-ring (bicyclic) bond motifs is 1. The average Bonchev–Trinajstić information content (AvgIpc) is 2.96. The number of halogens is 1. The van der Waals surface area contributed by atoms with Crippen LogP contribution in [0.15, 0.2) is 36.5 Å². The van der Waals surface area contributed by atoms with E-state index in [1.807, 2.05) is 10.8 Å². The molecule has 0 saturated carbocycles. The number of carboxylic acids is 1. The topological polar surface area (TPSA) is 71.3 Å². The van der Waals surface area contributed by atoms with E-state index < -0.39 is 12.0 Å². The van der Waals surface area contributed by atoms with Crippen molar-refractivity contribution in [2.24, 2.45) is 0 Å². The Kier molecular flexibility index (Phi) is 4.63. The number of aromatic nitrogens is 1. The lowest BCUT2D eigenvalue weighted by Gasteiger charge is -2.18. The SMILES string of the molecule is O=C(NC(C(=O)O)c1cccc(Cl)c1)c1ccn2c1CSCC2. The van der Waals surface area contributed by atoms with Crippen molar-refractivity contribution in [1.29, 1.82) is 0 Å². The van der Waals surface area contributed by atoms with E-state index in [1.165, 1.54) is 0 Å². The highest BCUT2D eigenvalue weighted by Crippen LogP contribution is 2.25. The fourth-order valence-electron chi connectivity index (χ4n) is 2.60. The number of carbonyl (C=O) groups is 2. The number of hydrogen-bond donors (Lipinski definition) is 2. The number of aryl methyl sites for hydroxylation is 1. The second kappa shape index (κ2) is 6.68. The van der Waals surface area contributed by atoms with Crippen LogP contribution in [-0.4, -0.2) is 27.3 Å². The Hall–Kier alpha value is -1.92. The van der Waals surface area contributed by atoms with E-state index in [0.29, 0.717) is 16.1 Å². The molecule has 120 valence electrons. The number of hydrogen-bond acceptors (Lipinski definition) is 3. The van der Waals surface area contributed by atoms with Crippen LogP contribution in [0, 0.1) is 0 Å². The maximum atomic E-state index is 12.5. The Morgan fingerprint density at radius 2 is 2.17 bits per heavy atom. The number of rotatable bonds is 4. The summed E-state index contributed by atoms with van der Waals surface area (Å²) >= 11 is 7.68. The Morgan fingerprint density at radius 3 is 2.91 bits per heavy atom. The summed E-state index contributed by atoms with van der Waals surface area (Å²) < 4.78 is 2.04. The predicted octanol–water partition coefficient (Wildman–Crippen LogP) is 2.94. The molecule has 1 atom stereocenters. The number of benzene rings is 1. The van der Waals surface area contributed by atoms with Gasteiger partial charge in [-0.3, -0.25) is 4.79 Å². The molecule has 3 rings (SSSR count). The van der Waals surface area contributed by atoms with Gasteiger partial charge in [-0.15, -0.1) is 0 Å². The van der Waals surface area contributed by atoms with Crippen molar-refractivity contribution in [2.45, 2.75) is 18.3 Å². The molecule has 7 heteroatoms. The van der Waals surface area contributed by atoms with Gasteiger partial charge >= 0.3 is 5.97 Å². The zero-order valence-electron chi connectivity index (χ0n) is 12.2. The van der Waals surface area contributed by atoms with Crippen LogP contribution < -0.4 is 5.32 Å². The third kappa shape index (κ3) is 3.38. The fraction of sp³-hybridized carbons (Fsp3) is 0.250. The molecule has 2 N–H and O–H groups in total. The van der Waals surface area contributed by atoms with Gasteiger partial charge in [-0.05, 0) is 23.8 Å². The molecule has 23 heavy (non-hydrogen) atoms. The van der Waals surface area contributed by atoms with Gasteiger partial charge in [0.05, 0.1) is 5.56 Å². The Bertz CT molecular complexity index is 760. The highest BCUT2D eigenvalue weighted by molar-refractivity contribution is 7.98. The molecule has 2 heterocycles. The summed E-state index contributed by atoms with van der Waals surface area (Å²) in [5.41, 5.74) is 1.92. The molecule has 0 saturated heterocycles. The first-order valence-electron chi connectivity index (χ1n) is 7.11. The number of amides is 1. The van der Waals surface area contributed by atoms with Gasteiger partial charge in [0.15, 0.2) is 6.04 Å². The van der Waals surface area contributed by atoms with Crippen molar-refractivity contribution in [2.75, 3.05) is 5.75 Å². The maximum absolute atomic E-state index is 12.5. The first-order chi connectivity index (χ1) is 11.1. The van der Waals surface area contributed by atoms with E-state index in [0.717, 1.165) is 23.7 Å². The molecule has 0 aliphatic carbocycles. The van der Waals surface area contributed by atoms with Crippen LogP contribution >= 0.6 is 23.4 Å². The highest BCUT2D eigenvalue weighted by Gasteiger charge is 2.25. The minimum absolute atomic E-state index is 0.381. The lowest BCUT2D eigenvalue weighted by atomic mass is 10.1. The van der Waals surface area contributed by atoms with Gasteiger partial charge < -0.3 is 15.0 Å². The summed E-state index contributed by atoms with van der Waals surface area (Å²) in [5, 5.41) is 12.5. The molecule has 0 radical (unpaired) electrons. The van der Waals surface area contributed by atoms with Gasteiger partial charge in [-0.1, -0.05) is 23.7 Å². The van der Waals surface area contributed by atoms with Gasteiger partial charge in [-0.25, -0.2) is 4.79 Å². The summed E-state index contributed by atoms with van der Waals surface area (Å²) in [6.07, 6.45) is 1.87. The fourth-order valence-corrected chi connectivity index (χ4v) is 3.78. The first kappa shape index (κ1) is 16.0. The Morgan fingerprint density at radius 1 is 1.35 bits per heavy atom. The van der Waals surface area contributed by atoms with E-state index in [1.54, 1.807) is 42.1 Å². The lowest BCUT2D eigenvalue weighted by Crippen LogP contribution is -2.34. The van der Waals surface area contributed by atoms with E-state index >= 15 is 0 Å². The number of nitrogens with one attached hydrogen (secondary N) is 1. The zero-order chi connectivity index (χ0) is 16.4. The molecule has 2 aromatic rings. The highest BCUT2D eigenvalue weighted by atomic mass is 35.5. The molecule has 0 spiro atoms. The van der Waals surface area contributed by atoms with Crippen LogP contribution in [0.1, 0.15) is 27.7 Å². The van der Waals surface area contributed by atoms with Crippen molar-refractivity contribution in [3.63, 3.8) is 0 Å². The van der Waals surface area contributed by atoms with Crippen LogP contribution in [0.5, 0.6) is 0 Å². The summed E-state index contributed by atoms with van der Waals surface area (Å²) in [5.74, 6) is 0.268. The number of nitrogens with zero attached hydrogens (tertiary/aromatic N) is 1. The van der Waals surface area contributed by atoms with Crippen molar-refractivity contribution < 1.29 is 14.7 Å². The van der Waals surface area contributed by atoms with Gasteiger partial charge in [0, 0.05) is 35.0 Å². The zero-order valence-corrected chi connectivity index (χ0v) is 13.7. The second-order valence-corrected chi connectivity index (χ2v) is 6.76. The van der Waals surface area contributed by atoms with Crippen LogP contribution in [0.4, 0.5) is 0 Å². The molecule has 0 bridgehead atoms. The normalized spacial score (nSPS) is 14.8. The lowest BCUT2D eigenvalue weighted by molar-refractivity contribution is -0.139. The molecular weight excluding hydrogens is 336 g/mol. The Labute approximate surface area is 142 Å². The number of thioether (sulfide) groups is 1. The van der Waals surface area contributed by atoms with E-state index in [-0.39, 0.29) is 5.91 Å². The standard InChI is InChI=1S/C16H15ClN2O3S/c17-11-3-1-2-10(8-11)14(16(21)22)18-15(20)12-4-5-19-6-7-23-9-13(12)19/h1-5,8,14H,6-7,9H2,(H,18,20)(H,21,22). The van der Waals surface area contributed by atoms with E-state index in [4.69, 9.17) is 11.6 Å². The van der Waals surface area contributed by atoms with Crippen LogP contribution in [0.2, 0.25) is 5.02 Å². The van der Waals surface area contributed by atoms with Gasteiger partial charge in [-0.2, -0.15) is 11.8 Å². The molecule has 1 amide bonds. The third-order valence-corrected chi connectivity index (χ3v) is 4.93. The largest absolute Gasteiger partial charge is 0.479 e. The van der Waals surface area contributed by atoms with Crippen molar-refractivity contribution in [3.05, 3.63) is 58.4 Å². The molecule has 0 fully saturated rings. The molecule has 1 aromatic heterocycles. The number of aliphatic carboxylic acids is 1. The number of carboxylic acid groups (broad SMARTS) is 1. The van der Waals surface area contributed by atoms with E-state index in [9.17, 15) is 14.7 Å². The Balaban J connectivity index is 1.85.